The van der Waals surface area contributed by atoms with Gasteiger partial charge in [-0.05, 0) is 18.0 Å². The van der Waals surface area contributed by atoms with Gasteiger partial charge in [0.05, 0.1) is 0 Å². The van der Waals surface area contributed by atoms with Crippen molar-refractivity contribution in [3.63, 3.8) is 0 Å². The molecule has 18 heavy (non-hydrogen) atoms. The number of ketones is 1. The maximum Gasteiger partial charge on any atom is 0.167 e. The molecular formula is C15H18N2O. The summed E-state index contributed by atoms with van der Waals surface area (Å²) in [6.07, 6.45) is 3.52. The van der Waals surface area contributed by atoms with Crippen molar-refractivity contribution in [1.82, 2.24) is 10.3 Å². The van der Waals surface area contributed by atoms with Crippen molar-refractivity contribution < 1.29 is 4.79 Å². The summed E-state index contributed by atoms with van der Waals surface area (Å²) in [5.41, 5.74) is 0.769. The number of hydrogen-bond donors (Lipinski definition) is 1. The number of aromatic nitrogens is 1. The zero-order valence-corrected chi connectivity index (χ0v) is 10.8. The third-order valence-corrected chi connectivity index (χ3v) is 3.10. The van der Waals surface area contributed by atoms with Gasteiger partial charge in [-0.25, -0.2) is 0 Å². The number of pyridine rings is 1. The standard InChI is InChI=1S/C15H18N2O/c1-3-16-9-11(2)15(18)13-6-4-5-12-7-8-17-10-14(12)13/h4-8,10-11,16H,3,9H2,1-2H3. The van der Waals surface area contributed by atoms with E-state index in [1.807, 2.05) is 38.1 Å². The van der Waals surface area contributed by atoms with Gasteiger partial charge in [0.2, 0.25) is 0 Å². The zero-order valence-electron chi connectivity index (χ0n) is 10.8. The molecule has 0 aliphatic carbocycles. The van der Waals surface area contributed by atoms with Crippen molar-refractivity contribution in [3.05, 3.63) is 42.2 Å². The summed E-state index contributed by atoms with van der Waals surface area (Å²) < 4.78 is 0. The Kier molecular flexibility index (Phi) is 4.05. The summed E-state index contributed by atoms with van der Waals surface area (Å²) in [5.74, 6) is 0.158. The Morgan fingerprint density at radius 2 is 2.22 bits per heavy atom. The van der Waals surface area contributed by atoms with Gasteiger partial charge < -0.3 is 5.32 Å². The number of fused-ring (bicyclic) bond motifs is 1. The van der Waals surface area contributed by atoms with E-state index in [0.29, 0.717) is 6.54 Å². The van der Waals surface area contributed by atoms with Crippen LogP contribution in [0.5, 0.6) is 0 Å². The van der Waals surface area contributed by atoms with Crippen molar-refractivity contribution in [2.45, 2.75) is 13.8 Å². The second kappa shape index (κ2) is 5.74. The van der Waals surface area contributed by atoms with Gasteiger partial charge in [0.25, 0.3) is 0 Å². The molecule has 2 aromatic rings. The average Bonchev–Trinajstić information content (AvgIpc) is 2.43. The smallest absolute Gasteiger partial charge is 0.167 e. The number of benzene rings is 1. The van der Waals surface area contributed by atoms with Crippen molar-refractivity contribution in [2.24, 2.45) is 5.92 Å². The van der Waals surface area contributed by atoms with Crippen LogP contribution in [0, 0.1) is 5.92 Å². The van der Waals surface area contributed by atoms with Crippen LogP contribution in [-0.2, 0) is 0 Å². The normalized spacial score (nSPS) is 12.6. The van der Waals surface area contributed by atoms with Crippen molar-refractivity contribution in [2.75, 3.05) is 13.1 Å². The predicted molar refractivity (Wildman–Crippen MR) is 73.8 cm³/mol. The molecule has 0 saturated carbocycles. The largest absolute Gasteiger partial charge is 0.316 e. The summed E-state index contributed by atoms with van der Waals surface area (Å²) in [6.45, 7) is 5.60. The maximum atomic E-state index is 12.4. The molecule has 3 nitrogen and oxygen atoms in total. The number of rotatable bonds is 5. The van der Waals surface area contributed by atoms with Gasteiger partial charge in [-0.1, -0.05) is 32.0 Å². The Morgan fingerprint density at radius 3 is 3.00 bits per heavy atom. The predicted octanol–water partition coefficient (Wildman–Crippen LogP) is 2.66. The third-order valence-electron chi connectivity index (χ3n) is 3.10. The Bertz CT molecular complexity index is 546. The first kappa shape index (κ1) is 12.7. The number of carbonyl (C=O) groups excluding carboxylic acids is 1. The van der Waals surface area contributed by atoms with Gasteiger partial charge in [0, 0.05) is 35.8 Å². The number of hydrogen-bond acceptors (Lipinski definition) is 3. The van der Waals surface area contributed by atoms with Crippen LogP contribution in [0.1, 0.15) is 24.2 Å². The van der Waals surface area contributed by atoms with E-state index in [9.17, 15) is 4.79 Å². The minimum Gasteiger partial charge on any atom is -0.316 e. The van der Waals surface area contributed by atoms with Crippen LogP contribution in [0.25, 0.3) is 10.8 Å². The molecule has 0 fully saturated rings. The van der Waals surface area contributed by atoms with Crippen LogP contribution in [-0.4, -0.2) is 23.9 Å². The molecule has 1 heterocycles. The van der Waals surface area contributed by atoms with E-state index >= 15 is 0 Å². The summed E-state index contributed by atoms with van der Waals surface area (Å²) in [5, 5.41) is 5.21. The average molecular weight is 242 g/mol. The minimum atomic E-state index is -0.0178. The Labute approximate surface area is 107 Å². The first-order valence-electron chi connectivity index (χ1n) is 6.31. The van der Waals surface area contributed by atoms with Crippen LogP contribution >= 0.6 is 0 Å². The lowest BCUT2D eigenvalue weighted by molar-refractivity contribution is 0.0931. The Morgan fingerprint density at radius 1 is 1.39 bits per heavy atom. The highest BCUT2D eigenvalue weighted by Crippen LogP contribution is 2.20. The van der Waals surface area contributed by atoms with Crippen LogP contribution < -0.4 is 5.32 Å². The van der Waals surface area contributed by atoms with Crippen molar-refractivity contribution in [1.29, 1.82) is 0 Å². The fraction of sp³-hybridized carbons (Fsp3) is 0.333. The first-order chi connectivity index (χ1) is 8.74. The number of carbonyl (C=O) groups is 1. The molecule has 0 spiro atoms. The van der Waals surface area contributed by atoms with Gasteiger partial charge in [0.1, 0.15) is 0 Å². The lowest BCUT2D eigenvalue weighted by Crippen LogP contribution is -2.26. The van der Waals surface area contributed by atoms with Gasteiger partial charge >= 0.3 is 0 Å². The van der Waals surface area contributed by atoms with E-state index in [1.54, 1.807) is 12.4 Å². The Balaban J connectivity index is 2.33. The fourth-order valence-electron chi connectivity index (χ4n) is 2.05. The summed E-state index contributed by atoms with van der Waals surface area (Å²) in [7, 11) is 0. The highest BCUT2D eigenvalue weighted by atomic mass is 16.1. The van der Waals surface area contributed by atoms with Crippen LogP contribution in [0.4, 0.5) is 0 Å². The van der Waals surface area contributed by atoms with E-state index in [4.69, 9.17) is 0 Å². The molecule has 0 bridgehead atoms. The molecule has 0 radical (unpaired) electrons. The van der Waals surface area contributed by atoms with Crippen LogP contribution in [0.15, 0.2) is 36.7 Å². The second-order valence-electron chi connectivity index (χ2n) is 4.48. The molecule has 1 unspecified atom stereocenters. The van der Waals surface area contributed by atoms with E-state index in [0.717, 1.165) is 22.9 Å². The molecule has 1 atom stereocenters. The summed E-state index contributed by atoms with van der Waals surface area (Å²) >= 11 is 0. The lowest BCUT2D eigenvalue weighted by atomic mass is 9.95. The molecule has 94 valence electrons. The Hall–Kier alpha value is -1.74. The van der Waals surface area contributed by atoms with Gasteiger partial charge in [-0.15, -0.1) is 0 Å². The monoisotopic (exact) mass is 242 g/mol. The molecule has 0 saturated heterocycles. The van der Waals surface area contributed by atoms with Crippen molar-refractivity contribution in [3.8, 4) is 0 Å². The zero-order chi connectivity index (χ0) is 13.0. The van der Waals surface area contributed by atoms with Gasteiger partial charge in [-0.3, -0.25) is 9.78 Å². The summed E-state index contributed by atoms with van der Waals surface area (Å²) in [4.78, 5) is 16.5. The number of nitrogens with zero attached hydrogens (tertiary/aromatic N) is 1. The van der Waals surface area contributed by atoms with Gasteiger partial charge in [0.15, 0.2) is 5.78 Å². The third kappa shape index (κ3) is 2.57. The SMILES string of the molecule is CCNCC(C)C(=O)c1cccc2ccncc12. The summed E-state index contributed by atoms with van der Waals surface area (Å²) in [6, 6.07) is 7.74. The minimum absolute atomic E-state index is 0.0178. The molecule has 0 aliphatic rings. The van der Waals surface area contributed by atoms with Crippen LogP contribution in [0.2, 0.25) is 0 Å². The quantitative estimate of drug-likeness (QED) is 0.820. The maximum absolute atomic E-state index is 12.4. The first-order valence-corrected chi connectivity index (χ1v) is 6.31. The van der Waals surface area contributed by atoms with E-state index in [-0.39, 0.29) is 11.7 Å². The van der Waals surface area contributed by atoms with E-state index in [1.165, 1.54) is 0 Å². The fourth-order valence-corrected chi connectivity index (χ4v) is 2.05. The lowest BCUT2D eigenvalue weighted by Gasteiger charge is -2.12. The molecule has 0 aliphatic heterocycles. The van der Waals surface area contributed by atoms with Crippen LogP contribution in [0.3, 0.4) is 0 Å². The second-order valence-corrected chi connectivity index (χ2v) is 4.48. The molecule has 1 aromatic carbocycles. The molecule has 0 amide bonds. The number of nitrogens with one attached hydrogen (secondary N) is 1. The molecule has 1 aromatic heterocycles. The van der Waals surface area contributed by atoms with E-state index in [2.05, 4.69) is 10.3 Å². The molecule has 2 rings (SSSR count). The van der Waals surface area contributed by atoms with Gasteiger partial charge in [-0.2, -0.15) is 0 Å². The molecule has 1 N–H and O–H groups in total. The highest BCUT2D eigenvalue weighted by molar-refractivity contribution is 6.08. The van der Waals surface area contributed by atoms with E-state index < -0.39 is 0 Å². The molecular weight excluding hydrogens is 224 g/mol. The highest BCUT2D eigenvalue weighted by Gasteiger charge is 2.16. The topological polar surface area (TPSA) is 42.0 Å². The number of Topliss-reactive ketones (excluding diaryl/α,β-unsaturated/α-hetero) is 1. The van der Waals surface area contributed by atoms with Crippen molar-refractivity contribution >= 4 is 16.6 Å². The molecule has 3 heteroatoms.